The van der Waals surface area contributed by atoms with Crippen LogP contribution < -0.4 is 9.47 Å². The second-order valence-electron chi connectivity index (χ2n) is 4.58. The highest BCUT2D eigenvalue weighted by Gasteiger charge is 2.44. The summed E-state index contributed by atoms with van der Waals surface area (Å²) in [5, 5.41) is 0. The molecule has 1 saturated heterocycles. The van der Waals surface area contributed by atoms with Gasteiger partial charge in [-0.2, -0.15) is 0 Å². The van der Waals surface area contributed by atoms with Gasteiger partial charge in [0.2, 0.25) is 0 Å². The van der Waals surface area contributed by atoms with Crippen LogP contribution in [0.15, 0.2) is 18.2 Å². The average molecular weight is 294 g/mol. The van der Waals surface area contributed by atoms with Crippen LogP contribution in [-0.4, -0.2) is 39.4 Å². The highest BCUT2D eigenvalue weighted by Crippen LogP contribution is 2.37. The zero-order valence-corrected chi connectivity index (χ0v) is 12.3. The van der Waals surface area contributed by atoms with Crippen LogP contribution in [0.1, 0.15) is 18.4 Å². The molecule has 2 rings (SSSR count). The number of ether oxygens (including phenoxy) is 4. The van der Waals surface area contributed by atoms with Crippen molar-refractivity contribution in [3.63, 3.8) is 0 Å². The van der Waals surface area contributed by atoms with Gasteiger partial charge in [-0.05, 0) is 24.6 Å². The van der Waals surface area contributed by atoms with Gasteiger partial charge < -0.3 is 18.9 Å². The normalized spacial score (nSPS) is 20.8. The highest BCUT2D eigenvalue weighted by atomic mass is 16.6. The first-order valence-electron chi connectivity index (χ1n) is 6.67. The van der Waals surface area contributed by atoms with E-state index in [4.69, 9.17) is 18.9 Å². The van der Waals surface area contributed by atoms with Crippen molar-refractivity contribution < 1.29 is 28.5 Å². The molecule has 0 aliphatic carbocycles. The Hall–Kier alpha value is -2.24. The van der Waals surface area contributed by atoms with E-state index >= 15 is 0 Å². The fourth-order valence-corrected chi connectivity index (χ4v) is 2.39. The molecule has 1 aliphatic heterocycles. The van der Waals surface area contributed by atoms with Gasteiger partial charge in [0, 0.05) is 5.92 Å². The monoisotopic (exact) mass is 294 g/mol. The molecule has 1 fully saturated rings. The Morgan fingerprint density at radius 2 is 2.00 bits per heavy atom. The molecule has 0 unspecified atom stereocenters. The van der Waals surface area contributed by atoms with Gasteiger partial charge in [0.1, 0.15) is 0 Å². The number of rotatable bonds is 5. The average Bonchev–Trinajstić information content (AvgIpc) is 2.88. The lowest BCUT2D eigenvalue weighted by molar-refractivity contribution is -0.155. The summed E-state index contributed by atoms with van der Waals surface area (Å²) in [4.78, 5) is 23.7. The number of benzene rings is 1. The predicted octanol–water partition coefficient (Wildman–Crippen LogP) is 1.52. The molecule has 6 heteroatoms. The summed E-state index contributed by atoms with van der Waals surface area (Å²) in [6.45, 7) is 2.07. The van der Waals surface area contributed by atoms with Crippen molar-refractivity contribution in [3.8, 4) is 11.5 Å². The quantitative estimate of drug-likeness (QED) is 0.606. The van der Waals surface area contributed by atoms with Crippen LogP contribution in [0.3, 0.4) is 0 Å². The highest BCUT2D eigenvalue weighted by molar-refractivity contribution is 5.97. The van der Waals surface area contributed by atoms with E-state index in [-0.39, 0.29) is 19.1 Å². The van der Waals surface area contributed by atoms with Crippen molar-refractivity contribution in [1.82, 2.24) is 0 Å². The van der Waals surface area contributed by atoms with E-state index in [1.807, 2.05) is 0 Å². The largest absolute Gasteiger partial charge is 0.493 e. The maximum atomic E-state index is 11.9. The fourth-order valence-electron chi connectivity index (χ4n) is 2.39. The van der Waals surface area contributed by atoms with E-state index in [9.17, 15) is 9.59 Å². The van der Waals surface area contributed by atoms with E-state index in [0.717, 1.165) is 5.56 Å². The van der Waals surface area contributed by atoms with E-state index < -0.39 is 17.9 Å². The Bertz CT molecular complexity index is 539. The summed E-state index contributed by atoms with van der Waals surface area (Å²) in [7, 11) is 3.07. The minimum atomic E-state index is -0.928. The lowest BCUT2D eigenvalue weighted by Gasteiger charge is -2.16. The van der Waals surface area contributed by atoms with Crippen LogP contribution >= 0.6 is 0 Å². The van der Waals surface area contributed by atoms with Crippen LogP contribution in [0, 0.1) is 5.92 Å². The van der Waals surface area contributed by atoms with Gasteiger partial charge in [-0.1, -0.05) is 6.07 Å². The molecular formula is C15H18O6. The third kappa shape index (κ3) is 2.94. The molecule has 1 heterocycles. The number of carbonyl (C=O) groups is 2. The third-order valence-electron chi connectivity index (χ3n) is 3.44. The summed E-state index contributed by atoms with van der Waals surface area (Å²) in [6.07, 6.45) is 0. The van der Waals surface area contributed by atoms with Crippen molar-refractivity contribution in [3.05, 3.63) is 23.8 Å². The SMILES string of the molecule is CCOC(=O)[C@H]1C(=O)OC[C@@H]1c1ccc(OC)c(OC)c1. The van der Waals surface area contributed by atoms with E-state index in [1.165, 1.54) is 7.11 Å². The second kappa shape index (κ2) is 6.47. The number of esters is 2. The molecular weight excluding hydrogens is 276 g/mol. The summed E-state index contributed by atoms with van der Waals surface area (Å²) in [6, 6.07) is 5.27. The number of carbonyl (C=O) groups excluding carboxylic acids is 2. The molecule has 0 saturated carbocycles. The third-order valence-corrected chi connectivity index (χ3v) is 3.44. The minimum Gasteiger partial charge on any atom is -0.493 e. The van der Waals surface area contributed by atoms with Crippen LogP contribution in [0.2, 0.25) is 0 Å². The Balaban J connectivity index is 2.31. The van der Waals surface area contributed by atoms with Gasteiger partial charge in [0.15, 0.2) is 17.4 Å². The van der Waals surface area contributed by atoms with Crippen molar-refractivity contribution in [1.29, 1.82) is 0 Å². The van der Waals surface area contributed by atoms with E-state index in [1.54, 1.807) is 32.2 Å². The smallest absolute Gasteiger partial charge is 0.321 e. The first kappa shape index (κ1) is 15.2. The maximum absolute atomic E-state index is 11.9. The van der Waals surface area contributed by atoms with Crippen LogP contribution in [0.5, 0.6) is 11.5 Å². The zero-order chi connectivity index (χ0) is 15.4. The minimum absolute atomic E-state index is 0.151. The molecule has 0 amide bonds. The molecule has 0 bridgehead atoms. The number of hydrogen-bond donors (Lipinski definition) is 0. The molecule has 1 aliphatic rings. The van der Waals surface area contributed by atoms with Gasteiger partial charge in [0.25, 0.3) is 0 Å². The number of cyclic esters (lactones) is 1. The summed E-state index contributed by atoms with van der Waals surface area (Å²) in [5.74, 6) is -1.29. The molecule has 0 radical (unpaired) electrons. The topological polar surface area (TPSA) is 71.1 Å². The van der Waals surface area contributed by atoms with E-state index in [2.05, 4.69) is 0 Å². The Morgan fingerprint density at radius 1 is 1.29 bits per heavy atom. The lowest BCUT2D eigenvalue weighted by Crippen LogP contribution is -2.26. The summed E-state index contributed by atoms with van der Waals surface area (Å²) >= 11 is 0. The lowest BCUT2D eigenvalue weighted by atomic mass is 9.88. The molecule has 1 aromatic rings. The predicted molar refractivity (Wildman–Crippen MR) is 73.4 cm³/mol. The standard InChI is InChI=1S/C15H18O6/c1-4-20-14(16)13-10(8-21-15(13)17)9-5-6-11(18-2)12(7-9)19-3/h5-7,10,13H,4,8H2,1-3H3/t10-,13+/m1/s1. The maximum Gasteiger partial charge on any atom is 0.321 e. The van der Waals surface area contributed by atoms with E-state index in [0.29, 0.717) is 11.5 Å². The van der Waals surface area contributed by atoms with Crippen LogP contribution in [0.4, 0.5) is 0 Å². The number of hydrogen-bond acceptors (Lipinski definition) is 6. The summed E-state index contributed by atoms with van der Waals surface area (Å²) in [5.41, 5.74) is 0.775. The molecule has 0 spiro atoms. The van der Waals surface area contributed by atoms with Crippen LogP contribution in [0.25, 0.3) is 0 Å². The zero-order valence-electron chi connectivity index (χ0n) is 12.3. The Kier molecular flexibility index (Phi) is 4.67. The van der Waals surface area contributed by atoms with Crippen molar-refractivity contribution in [2.24, 2.45) is 5.92 Å². The van der Waals surface area contributed by atoms with Gasteiger partial charge in [-0.15, -0.1) is 0 Å². The molecule has 6 nitrogen and oxygen atoms in total. The summed E-state index contributed by atoms with van der Waals surface area (Å²) < 4.78 is 20.4. The molecule has 114 valence electrons. The molecule has 21 heavy (non-hydrogen) atoms. The van der Waals surface area contributed by atoms with Gasteiger partial charge >= 0.3 is 11.9 Å². The first-order valence-corrected chi connectivity index (χ1v) is 6.67. The molecule has 0 N–H and O–H groups in total. The second-order valence-corrected chi connectivity index (χ2v) is 4.58. The Labute approximate surface area is 122 Å². The number of methoxy groups -OCH3 is 2. The molecule has 1 aromatic carbocycles. The van der Waals surface area contributed by atoms with Gasteiger partial charge in [0.05, 0.1) is 27.4 Å². The van der Waals surface area contributed by atoms with Gasteiger partial charge in [-0.25, -0.2) is 0 Å². The van der Waals surface area contributed by atoms with Gasteiger partial charge in [-0.3, -0.25) is 9.59 Å². The van der Waals surface area contributed by atoms with Crippen molar-refractivity contribution in [2.45, 2.75) is 12.8 Å². The molecule has 2 atom stereocenters. The van der Waals surface area contributed by atoms with Crippen molar-refractivity contribution in [2.75, 3.05) is 27.4 Å². The fraction of sp³-hybridized carbons (Fsp3) is 0.467. The Morgan fingerprint density at radius 3 is 2.62 bits per heavy atom. The van der Waals surface area contributed by atoms with Crippen molar-refractivity contribution >= 4 is 11.9 Å². The first-order chi connectivity index (χ1) is 10.1. The van der Waals surface area contributed by atoms with Crippen LogP contribution in [-0.2, 0) is 19.1 Å². The molecule has 0 aromatic heterocycles.